The SMILES string of the molecule is CC(C)(C)c1ccc(N2c3cc(N4c5ccc(C(C)(C)C)cc5C5(C)CCCCC45C)cc4c3B(c3cc5c(cc3N4c3cccc4sc6ccccc6c34)C(C)(C)CCC5(C)C)c3ccc4c(sc5ccc(C(C)(C)C)cc54)c32)c(-c2ccccc2)c1. The van der Waals surface area contributed by atoms with Crippen LogP contribution in [0, 0.1) is 0 Å². The van der Waals surface area contributed by atoms with Crippen molar-refractivity contribution in [3.05, 3.63) is 197 Å². The lowest BCUT2D eigenvalue weighted by molar-refractivity contribution is 0.195. The van der Waals surface area contributed by atoms with E-state index < -0.39 is 0 Å². The van der Waals surface area contributed by atoms with Gasteiger partial charge in [0, 0.05) is 75.1 Å². The van der Waals surface area contributed by atoms with Crippen molar-refractivity contribution < 1.29 is 0 Å². The number of hydrogen-bond donors (Lipinski definition) is 0. The summed E-state index contributed by atoms with van der Waals surface area (Å²) in [5, 5.41) is 5.33. The maximum Gasteiger partial charge on any atom is 0.252 e. The Morgan fingerprint density at radius 3 is 1.76 bits per heavy atom. The molecule has 2 atom stereocenters. The Morgan fingerprint density at radius 1 is 0.420 bits per heavy atom. The van der Waals surface area contributed by atoms with Crippen molar-refractivity contribution in [2.75, 3.05) is 14.7 Å². The highest BCUT2D eigenvalue weighted by atomic mass is 32.1. The van der Waals surface area contributed by atoms with E-state index in [1.807, 2.05) is 22.7 Å². The first-order chi connectivity index (χ1) is 41.7. The minimum atomic E-state index is -0.204. The van der Waals surface area contributed by atoms with E-state index in [1.165, 1.54) is 160 Å². The quantitative estimate of drug-likeness (QED) is 0.163. The normalized spacial score (nSPS) is 20.1. The predicted molar refractivity (Wildman–Crippen MR) is 386 cm³/mol. The lowest BCUT2D eigenvalue weighted by Crippen LogP contribution is -2.62. The van der Waals surface area contributed by atoms with E-state index in [4.69, 9.17) is 0 Å². The summed E-state index contributed by atoms with van der Waals surface area (Å²) in [6.45, 7) is 36.6. The van der Waals surface area contributed by atoms with Crippen LogP contribution in [0.2, 0.25) is 0 Å². The number of thiophene rings is 2. The van der Waals surface area contributed by atoms with Crippen LogP contribution in [0.25, 0.3) is 51.5 Å². The van der Waals surface area contributed by atoms with Gasteiger partial charge in [-0.3, -0.25) is 0 Å². The third kappa shape index (κ3) is 7.98. The van der Waals surface area contributed by atoms with Gasteiger partial charge < -0.3 is 14.7 Å². The number of anilines is 8. The van der Waals surface area contributed by atoms with Crippen molar-refractivity contribution in [1.29, 1.82) is 0 Å². The van der Waals surface area contributed by atoms with E-state index >= 15 is 0 Å². The van der Waals surface area contributed by atoms with Gasteiger partial charge in [-0.25, -0.2) is 0 Å². The van der Waals surface area contributed by atoms with Crippen LogP contribution in [0.15, 0.2) is 164 Å². The molecule has 442 valence electrons. The molecule has 0 N–H and O–H groups in total. The molecule has 2 aromatic heterocycles. The second-order valence-electron chi connectivity index (χ2n) is 31.9. The molecule has 5 heterocycles. The molecule has 0 spiro atoms. The first-order valence-corrected chi connectivity index (χ1v) is 34.4. The van der Waals surface area contributed by atoms with Crippen LogP contribution in [0.4, 0.5) is 45.5 Å². The van der Waals surface area contributed by atoms with E-state index in [0.29, 0.717) is 0 Å². The van der Waals surface area contributed by atoms with Crippen LogP contribution in [-0.2, 0) is 32.5 Å². The van der Waals surface area contributed by atoms with Gasteiger partial charge >= 0.3 is 0 Å². The van der Waals surface area contributed by atoms with Crippen molar-refractivity contribution in [3.8, 4) is 11.1 Å². The van der Waals surface area contributed by atoms with Crippen molar-refractivity contribution in [3.63, 3.8) is 0 Å². The Hall–Kier alpha value is -7.12. The largest absolute Gasteiger partial charge is 0.334 e. The number of rotatable bonds is 4. The third-order valence-corrected chi connectivity index (χ3v) is 24.9. The summed E-state index contributed by atoms with van der Waals surface area (Å²) in [5.41, 5.74) is 25.1. The summed E-state index contributed by atoms with van der Waals surface area (Å²) < 4.78 is 5.33. The van der Waals surface area contributed by atoms with Gasteiger partial charge in [0.2, 0.25) is 0 Å². The molecule has 3 aliphatic heterocycles. The summed E-state index contributed by atoms with van der Waals surface area (Å²) in [7, 11) is 0. The van der Waals surface area contributed by atoms with Crippen LogP contribution in [0.1, 0.15) is 176 Å². The average molecular weight is 1190 g/mol. The second-order valence-corrected chi connectivity index (χ2v) is 34.0. The summed E-state index contributed by atoms with van der Waals surface area (Å²) in [5.74, 6) is 0. The van der Waals surface area contributed by atoms with E-state index in [9.17, 15) is 0 Å². The molecule has 0 radical (unpaired) electrons. The predicted octanol–water partition coefficient (Wildman–Crippen LogP) is 22.2. The van der Waals surface area contributed by atoms with Crippen LogP contribution < -0.4 is 31.1 Å². The summed E-state index contributed by atoms with van der Waals surface area (Å²) in [4.78, 5) is 8.49. The maximum atomic E-state index is 2.88. The Bertz CT molecular complexity index is 4760. The molecule has 9 aromatic carbocycles. The fraction of sp³-hybridized carbons (Fsp3) is 0.341. The minimum Gasteiger partial charge on any atom is -0.334 e. The summed E-state index contributed by atoms with van der Waals surface area (Å²) in [6.07, 6.45) is 6.99. The van der Waals surface area contributed by atoms with Gasteiger partial charge in [0.15, 0.2) is 0 Å². The zero-order valence-electron chi connectivity index (χ0n) is 54.6. The standard InChI is InChI=1S/C82H84BN3S2/c1-76(2,3)50-30-35-63(56(42-50)49-24-17-16-18-25-49)85-68-46-53(86-64-36-31-52(78(7,8)9)44-60(64)81(14)38-21-22-39-82(81,86)15)45-67-73(68)83(61-34-33-54-57-43-51(77(4,5)6)32-37-70(57)88-75(54)74(61)85)62-47-58-59(80(12,13)41-40-79(58,10)11)48-66(62)84(67)65-27-23-29-71-72(65)55-26-19-20-28-69(55)87-71/h16-20,23-37,42-48H,21-22,38-41H2,1-15H3. The van der Waals surface area contributed by atoms with Gasteiger partial charge in [-0.1, -0.05) is 207 Å². The van der Waals surface area contributed by atoms with Crippen LogP contribution in [0.3, 0.4) is 0 Å². The first kappa shape index (κ1) is 56.1. The zero-order valence-corrected chi connectivity index (χ0v) is 56.2. The highest BCUT2D eigenvalue weighted by Gasteiger charge is 2.59. The fourth-order valence-corrected chi connectivity index (χ4v) is 19.4. The van der Waals surface area contributed by atoms with Gasteiger partial charge in [0.25, 0.3) is 6.71 Å². The Morgan fingerprint density at radius 2 is 1.03 bits per heavy atom. The molecule has 0 bridgehead atoms. The monoisotopic (exact) mass is 1190 g/mol. The van der Waals surface area contributed by atoms with Gasteiger partial charge in [-0.15, -0.1) is 22.7 Å². The van der Waals surface area contributed by atoms with Gasteiger partial charge in [-0.05, 0) is 182 Å². The topological polar surface area (TPSA) is 9.72 Å². The molecule has 5 aliphatic rings. The maximum absolute atomic E-state index is 2.88. The fourth-order valence-electron chi connectivity index (χ4n) is 17.1. The lowest BCUT2D eigenvalue weighted by atomic mass is 9.33. The smallest absolute Gasteiger partial charge is 0.252 e. The molecular formula is C82H84BN3S2. The van der Waals surface area contributed by atoms with Crippen molar-refractivity contribution >= 4 is 132 Å². The molecule has 2 aliphatic carbocycles. The Labute approximate surface area is 531 Å². The molecule has 3 nitrogen and oxygen atoms in total. The van der Waals surface area contributed by atoms with Crippen molar-refractivity contribution in [2.24, 2.45) is 0 Å². The van der Waals surface area contributed by atoms with Crippen LogP contribution in [0.5, 0.6) is 0 Å². The summed E-state index contributed by atoms with van der Waals surface area (Å²) >= 11 is 3.92. The lowest BCUT2D eigenvalue weighted by Gasteiger charge is -2.51. The summed E-state index contributed by atoms with van der Waals surface area (Å²) in [6, 6.07) is 66.0. The number of nitrogens with zero attached hydrogens (tertiary/aromatic N) is 3. The number of hydrogen-bond acceptors (Lipinski definition) is 5. The molecule has 0 saturated heterocycles. The molecule has 1 saturated carbocycles. The highest BCUT2D eigenvalue weighted by molar-refractivity contribution is 7.27. The molecular weight excluding hydrogens is 1100 g/mol. The van der Waals surface area contributed by atoms with E-state index in [-0.39, 0.29) is 44.7 Å². The molecule has 6 heteroatoms. The molecule has 0 amide bonds. The van der Waals surface area contributed by atoms with E-state index in [2.05, 4.69) is 282 Å². The number of benzene rings is 9. The van der Waals surface area contributed by atoms with Crippen molar-refractivity contribution in [2.45, 2.75) is 180 Å². The average Bonchev–Trinajstić information content (AvgIpc) is 1.54. The van der Waals surface area contributed by atoms with E-state index in [0.717, 1.165) is 25.7 Å². The molecule has 2 unspecified atom stereocenters. The molecule has 1 fully saturated rings. The zero-order chi connectivity index (χ0) is 61.1. The minimum absolute atomic E-state index is 0.000174. The van der Waals surface area contributed by atoms with Gasteiger partial charge in [-0.2, -0.15) is 0 Å². The second kappa shape index (κ2) is 18.7. The Balaban J connectivity index is 1.11. The molecule has 88 heavy (non-hydrogen) atoms. The van der Waals surface area contributed by atoms with Crippen molar-refractivity contribution in [1.82, 2.24) is 0 Å². The van der Waals surface area contributed by atoms with Crippen LogP contribution >= 0.6 is 22.7 Å². The highest BCUT2D eigenvalue weighted by Crippen LogP contribution is 2.63. The first-order valence-electron chi connectivity index (χ1n) is 32.8. The van der Waals surface area contributed by atoms with E-state index in [1.54, 1.807) is 0 Å². The Kier molecular flexibility index (Phi) is 12.0. The van der Waals surface area contributed by atoms with Crippen LogP contribution in [-0.4, -0.2) is 12.3 Å². The third-order valence-electron chi connectivity index (χ3n) is 22.5. The van der Waals surface area contributed by atoms with Gasteiger partial charge in [0.1, 0.15) is 0 Å². The number of fused-ring (bicyclic) bond motifs is 15. The molecule has 16 rings (SSSR count). The molecule has 11 aromatic rings. The van der Waals surface area contributed by atoms with Gasteiger partial charge in [0.05, 0.1) is 27.3 Å².